The van der Waals surface area contributed by atoms with Gasteiger partial charge >= 0.3 is 12.1 Å². The van der Waals surface area contributed by atoms with Crippen molar-refractivity contribution in [2.45, 2.75) is 30.8 Å². The summed E-state index contributed by atoms with van der Waals surface area (Å²) in [4.78, 5) is 11.1. The second-order valence-electron chi connectivity index (χ2n) is 5.02. The number of halogens is 3. The van der Waals surface area contributed by atoms with Crippen molar-refractivity contribution in [3.05, 3.63) is 35.4 Å². The second-order valence-corrected chi connectivity index (χ2v) is 6.94. The van der Waals surface area contributed by atoms with Crippen LogP contribution < -0.4 is 0 Å². The first kappa shape index (κ1) is 16.8. The fourth-order valence-corrected chi connectivity index (χ4v) is 4.32. The molecule has 0 spiro atoms. The molecule has 0 aliphatic carbocycles. The van der Waals surface area contributed by atoms with E-state index in [0.717, 1.165) is 16.4 Å². The van der Waals surface area contributed by atoms with Crippen LogP contribution in [0.1, 0.15) is 24.0 Å². The van der Waals surface area contributed by atoms with Crippen LogP contribution in [0, 0.1) is 0 Å². The van der Waals surface area contributed by atoms with Crippen molar-refractivity contribution in [1.29, 1.82) is 0 Å². The normalized spacial score (nSPS) is 20.2. The van der Waals surface area contributed by atoms with E-state index < -0.39 is 39.5 Å². The summed E-state index contributed by atoms with van der Waals surface area (Å²) in [6.07, 6.45) is -4.13. The van der Waals surface area contributed by atoms with E-state index in [-0.39, 0.29) is 18.5 Å². The van der Waals surface area contributed by atoms with Crippen molar-refractivity contribution >= 4 is 16.0 Å². The number of benzene rings is 1. The molecule has 5 nitrogen and oxygen atoms in total. The van der Waals surface area contributed by atoms with Gasteiger partial charge < -0.3 is 5.11 Å². The van der Waals surface area contributed by atoms with E-state index in [9.17, 15) is 26.4 Å². The third-order valence-electron chi connectivity index (χ3n) is 3.51. The fraction of sp³-hybridized carbons (Fsp3) is 0.462. The molecule has 0 bridgehead atoms. The molecule has 0 saturated carbocycles. The number of carboxylic acid groups (broad SMARTS) is 1. The summed E-state index contributed by atoms with van der Waals surface area (Å²) < 4.78 is 64.1. The van der Waals surface area contributed by atoms with Crippen LogP contribution in [-0.2, 0) is 26.7 Å². The number of sulfonamides is 1. The maximum absolute atomic E-state index is 12.9. The first-order valence-corrected chi connectivity index (χ1v) is 8.11. The highest BCUT2D eigenvalue weighted by atomic mass is 32.2. The van der Waals surface area contributed by atoms with Gasteiger partial charge in [0.25, 0.3) is 0 Å². The Labute approximate surface area is 125 Å². The third-order valence-corrected chi connectivity index (χ3v) is 5.33. The molecule has 0 amide bonds. The third kappa shape index (κ3) is 3.41. The molecule has 1 N–H and O–H groups in total. The highest BCUT2D eigenvalue weighted by Gasteiger charge is 2.40. The van der Waals surface area contributed by atoms with E-state index in [2.05, 4.69) is 0 Å². The Balaban J connectivity index is 2.32. The van der Waals surface area contributed by atoms with Gasteiger partial charge in [-0.3, -0.25) is 4.79 Å². The maximum Gasteiger partial charge on any atom is 0.416 e. The van der Waals surface area contributed by atoms with E-state index in [4.69, 9.17) is 5.11 Å². The van der Waals surface area contributed by atoms with Crippen molar-refractivity contribution in [2.24, 2.45) is 0 Å². The van der Waals surface area contributed by atoms with Gasteiger partial charge in [0.15, 0.2) is 0 Å². The van der Waals surface area contributed by atoms with Crippen molar-refractivity contribution in [3.63, 3.8) is 0 Å². The molecule has 0 radical (unpaired) electrons. The average molecular weight is 337 g/mol. The molecule has 1 aliphatic heterocycles. The van der Waals surface area contributed by atoms with Crippen LogP contribution in [0.3, 0.4) is 0 Å². The van der Waals surface area contributed by atoms with Crippen molar-refractivity contribution in [3.8, 4) is 0 Å². The predicted octanol–water partition coefficient (Wildman–Crippen LogP) is 2.08. The van der Waals surface area contributed by atoms with Crippen LogP contribution in [0.4, 0.5) is 13.2 Å². The Bertz CT molecular complexity index is 672. The maximum atomic E-state index is 12.9. The van der Waals surface area contributed by atoms with E-state index in [1.54, 1.807) is 0 Å². The number of carbonyl (C=O) groups is 1. The van der Waals surface area contributed by atoms with Crippen molar-refractivity contribution in [1.82, 2.24) is 4.31 Å². The standard InChI is InChI=1S/C13H14F3NO4S/c14-13(15,16)10-5-2-1-4-9(10)8-22(20,21)17-7-3-6-11(17)12(18)19/h1-2,4-5,11H,3,6-8H2,(H,18,19)/t11-/m0/s1. The zero-order valence-corrected chi connectivity index (χ0v) is 12.2. The number of alkyl halides is 3. The Morgan fingerprint density at radius 3 is 2.55 bits per heavy atom. The van der Waals surface area contributed by atoms with Crippen LogP contribution in [0.25, 0.3) is 0 Å². The zero-order chi connectivity index (χ0) is 16.5. The van der Waals surface area contributed by atoms with Crippen molar-refractivity contribution < 1.29 is 31.5 Å². The molecule has 1 atom stereocenters. The molecule has 1 fully saturated rings. The van der Waals surface area contributed by atoms with E-state index in [0.29, 0.717) is 6.42 Å². The van der Waals surface area contributed by atoms with Crippen LogP contribution in [0.15, 0.2) is 24.3 Å². The number of aliphatic carboxylic acids is 1. The highest BCUT2D eigenvalue weighted by molar-refractivity contribution is 7.88. The fourth-order valence-electron chi connectivity index (χ4n) is 2.52. The van der Waals surface area contributed by atoms with E-state index >= 15 is 0 Å². The largest absolute Gasteiger partial charge is 0.480 e. The summed E-state index contributed by atoms with van der Waals surface area (Å²) in [6, 6.07) is 3.19. The lowest BCUT2D eigenvalue weighted by Gasteiger charge is -2.22. The van der Waals surface area contributed by atoms with Gasteiger partial charge in [-0.2, -0.15) is 17.5 Å². The molecular formula is C13H14F3NO4S. The first-order chi connectivity index (χ1) is 10.1. The molecule has 1 saturated heterocycles. The summed E-state index contributed by atoms with van der Waals surface area (Å²) in [5.74, 6) is -2.16. The molecule has 22 heavy (non-hydrogen) atoms. The number of nitrogens with zero attached hydrogens (tertiary/aromatic N) is 1. The minimum atomic E-state index is -4.66. The van der Waals surface area contributed by atoms with Gasteiger partial charge in [0, 0.05) is 6.54 Å². The second kappa shape index (κ2) is 5.88. The quantitative estimate of drug-likeness (QED) is 0.913. The number of rotatable bonds is 4. The SMILES string of the molecule is O=C(O)[C@@H]1CCCN1S(=O)(=O)Cc1ccccc1C(F)(F)F. The van der Waals surface area contributed by atoms with E-state index in [1.807, 2.05) is 0 Å². The monoisotopic (exact) mass is 337 g/mol. The Morgan fingerprint density at radius 2 is 1.95 bits per heavy atom. The van der Waals surface area contributed by atoms with Gasteiger partial charge in [-0.15, -0.1) is 0 Å². The minimum Gasteiger partial charge on any atom is -0.480 e. The van der Waals surface area contributed by atoms with Crippen LogP contribution in [-0.4, -0.2) is 36.4 Å². The summed E-state index contributed by atoms with van der Waals surface area (Å²) in [7, 11) is -4.14. The summed E-state index contributed by atoms with van der Waals surface area (Å²) in [6.45, 7) is 0.00743. The Morgan fingerprint density at radius 1 is 1.32 bits per heavy atom. The Hall–Kier alpha value is -1.61. The minimum absolute atomic E-state index is 0.00743. The van der Waals surface area contributed by atoms with Crippen LogP contribution >= 0.6 is 0 Å². The molecule has 1 aliphatic rings. The summed E-state index contributed by atoms with van der Waals surface area (Å²) in [5.41, 5.74) is -1.41. The zero-order valence-electron chi connectivity index (χ0n) is 11.4. The number of hydrogen-bond acceptors (Lipinski definition) is 3. The van der Waals surface area contributed by atoms with Gasteiger partial charge in [-0.05, 0) is 24.5 Å². The van der Waals surface area contributed by atoms with Gasteiger partial charge in [0.05, 0.1) is 11.3 Å². The summed E-state index contributed by atoms with van der Waals surface area (Å²) >= 11 is 0. The lowest BCUT2D eigenvalue weighted by Crippen LogP contribution is -2.41. The summed E-state index contributed by atoms with van der Waals surface area (Å²) in [5, 5.41) is 9.01. The van der Waals surface area contributed by atoms with Gasteiger partial charge in [0.2, 0.25) is 10.0 Å². The Kier molecular flexibility index (Phi) is 4.48. The predicted molar refractivity (Wildman–Crippen MR) is 71.4 cm³/mol. The lowest BCUT2D eigenvalue weighted by atomic mass is 10.1. The molecule has 9 heteroatoms. The molecule has 0 aromatic heterocycles. The average Bonchev–Trinajstić information content (AvgIpc) is 2.87. The highest BCUT2D eigenvalue weighted by Crippen LogP contribution is 2.33. The molecule has 1 heterocycles. The first-order valence-electron chi connectivity index (χ1n) is 6.50. The number of carboxylic acids is 1. The molecule has 122 valence electrons. The molecule has 1 aromatic rings. The smallest absolute Gasteiger partial charge is 0.416 e. The molecule has 0 unspecified atom stereocenters. The van der Waals surface area contributed by atoms with Gasteiger partial charge in [0.1, 0.15) is 6.04 Å². The van der Waals surface area contributed by atoms with Crippen molar-refractivity contribution in [2.75, 3.05) is 6.54 Å². The molecule has 2 rings (SSSR count). The molecule has 1 aromatic carbocycles. The van der Waals surface area contributed by atoms with Crippen LogP contribution in [0.2, 0.25) is 0 Å². The molecular weight excluding hydrogens is 323 g/mol. The number of hydrogen-bond donors (Lipinski definition) is 1. The lowest BCUT2D eigenvalue weighted by molar-refractivity contribution is -0.141. The van der Waals surface area contributed by atoms with Crippen LogP contribution in [0.5, 0.6) is 0 Å². The van der Waals surface area contributed by atoms with Gasteiger partial charge in [-0.25, -0.2) is 8.42 Å². The van der Waals surface area contributed by atoms with Gasteiger partial charge in [-0.1, -0.05) is 18.2 Å². The topological polar surface area (TPSA) is 74.7 Å². The van der Waals surface area contributed by atoms with E-state index in [1.165, 1.54) is 12.1 Å².